The Morgan fingerprint density at radius 2 is 2.27 bits per heavy atom. The van der Waals surface area contributed by atoms with Crippen LogP contribution in [0.25, 0.3) is 0 Å². The zero-order valence-electron chi connectivity index (χ0n) is 7.81. The Hall–Kier alpha value is -0.0400. The molecule has 0 N–H and O–H groups in total. The quantitative estimate of drug-likeness (QED) is 0.610. The van der Waals surface area contributed by atoms with Gasteiger partial charge in [0.25, 0.3) is 0 Å². The van der Waals surface area contributed by atoms with Crippen LogP contribution in [0.3, 0.4) is 0 Å². The van der Waals surface area contributed by atoms with Crippen LogP contribution in [0.15, 0.2) is 0 Å². The summed E-state index contributed by atoms with van der Waals surface area (Å²) >= 11 is 0. The second-order valence-corrected chi connectivity index (χ2v) is 3.62. The lowest BCUT2D eigenvalue weighted by atomic mass is 9.90. The maximum absolute atomic E-state index is 5.59. The van der Waals surface area contributed by atoms with Gasteiger partial charge in [0.15, 0.2) is 0 Å². The van der Waals surface area contributed by atoms with Gasteiger partial charge in [-0.25, -0.2) is 0 Å². The molecular formula is C10H20O. The monoisotopic (exact) mass is 156 g/mol. The molecule has 0 aliphatic carbocycles. The summed E-state index contributed by atoms with van der Waals surface area (Å²) < 4.78 is 5.59. The summed E-state index contributed by atoms with van der Waals surface area (Å²) in [5, 5.41) is 0. The van der Waals surface area contributed by atoms with Crippen molar-refractivity contribution in [2.24, 2.45) is 5.92 Å². The average Bonchev–Trinajstić information content (AvgIpc) is 2.03. The Labute approximate surface area is 70.1 Å². The van der Waals surface area contributed by atoms with Crippen molar-refractivity contribution in [3.8, 4) is 0 Å². The Kier molecular flexibility index (Phi) is 3.92. The lowest BCUT2D eigenvalue weighted by Crippen LogP contribution is -2.26. The molecule has 0 aromatic rings. The number of ether oxygens (including phenoxy) is 1. The van der Waals surface area contributed by atoms with Crippen molar-refractivity contribution < 1.29 is 4.74 Å². The molecule has 66 valence electrons. The molecule has 0 amide bonds. The van der Waals surface area contributed by atoms with Gasteiger partial charge in [-0.1, -0.05) is 19.8 Å². The summed E-state index contributed by atoms with van der Waals surface area (Å²) in [7, 11) is 0. The third-order valence-corrected chi connectivity index (χ3v) is 2.69. The molecule has 1 aliphatic rings. The lowest BCUT2D eigenvalue weighted by Gasteiger charge is -2.28. The lowest BCUT2D eigenvalue weighted by molar-refractivity contribution is -0.0176. The predicted octanol–water partition coefficient (Wildman–Crippen LogP) is 2.99. The van der Waals surface area contributed by atoms with Crippen LogP contribution in [0.2, 0.25) is 0 Å². The maximum Gasteiger partial charge on any atom is 0.0575 e. The molecule has 1 saturated heterocycles. The van der Waals surface area contributed by atoms with Crippen molar-refractivity contribution in [1.29, 1.82) is 0 Å². The minimum Gasteiger partial charge on any atom is -0.378 e. The number of unbranched alkanes of at least 4 members (excludes halogenated alkanes) is 1. The van der Waals surface area contributed by atoms with Crippen molar-refractivity contribution in [3.05, 3.63) is 0 Å². The maximum atomic E-state index is 5.59. The Bertz CT molecular complexity index is 101. The first-order valence-corrected chi connectivity index (χ1v) is 4.96. The van der Waals surface area contributed by atoms with Crippen LogP contribution in [-0.2, 0) is 4.74 Å². The molecular weight excluding hydrogens is 136 g/mol. The smallest absolute Gasteiger partial charge is 0.0575 e. The first-order chi connectivity index (χ1) is 5.34. The fraction of sp³-hybridized carbons (Fsp3) is 1.00. The van der Waals surface area contributed by atoms with E-state index in [-0.39, 0.29) is 0 Å². The van der Waals surface area contributed by atoms with E-state index in [1.165, 1.54) is 32.1 Å². The molecule has 2 atom stereocenters. The van der Waals surface area contributed by atoms with E-state index in [0.29, 0.717) is 6.10 Å². The van der Waals surface area contributed by atoms with Crippen molar-refractivity contribution in [2.75, 3.05) is 6.61 Å². The minimum atomic E-state index is 0.523. The van der Waals surface area contributed by atoms with Gasteiger partial charge in [0.1, 0.15) is 0 Å². The molecule has 1 fully saturated rings. The molecule has 1 nitrogen and oxygen atoms in total. The van der Waals surface area contributed by atoms with E-state index in [0.717, 1.165) is 12.5 Å². The van der Waals surface area contributed by atoms with Gasteiger partial charge < -0.3 is 4.74 Å². The molecule has 1 heterocycles. The Balaban J connectivity index is 2.18. The molecule has 0 bridgehead atoms. The summed E-state index contributed by atoms with van der Waals surface area (Å²) in [6, 6.07) is 0. The van der Waals surface area contributed by atoms with Crippen LogP contribution >= 0.6 is 0 Å². The van der Waals surface area contributed by atoms with Gasteiger partial charge >= 0.3 is 0 Å². The number of hydrogen-bond acceptors (Lipinski definition) is 1. The molecule has 1 rings (SSSR count). The van der Waals surface area contributed by atoms with E-state index in [1.807, 2.05) is 0 Å². The van der Waals surface area contributed by atoms with Crippen LogP contribution in [0.4, 0.5) is 0 Å². The van der Waals surface area contributed by atoms with E-state index in [4.69, 9.17) is 4.74 Å². The molecule has 0 radical (unpaired) electrons. The van der Waals surface area contributed by atoms with Crippen LogP contribution in [-0.4, -0.2) is 12.7 Å². The van der Waals surface area contributed by atoms with Gasteiger partial charge in [-0.05, 0) is 32.1 Å². The highest BCUT2D eigenvalue weighted by Gasteiger charge is 2.20. The van der Waals surface area contributed by atoms with Gasteiger partial charge in [0.05, 0.1) is 6.10 Å². The summed E-state index contributed by atoms with van der Waals surface area (Å²) in [4.78, 5) is 0. The van der Waals surface area contributed by atoms with Crippen molar-refractivity contribution in [2.45, 2.75) is 52.1 Å². The van der Waals surface area contributed by atoms with Gasteiger partial charge in [0.2, 0.25) is 0 Å². The SMILES string of the molecule is CCCCC1CCCOC1C. The first-order valence-electron chi connectivity index (χ1n) is 4.96. The number of rotatable bonds is 3. The summed E-state index contributed by atoms with van der Waals surface area (Å²) in [6.07, 6.45) is 7.26. The highest BCUT2D eigenvalue weighted by atomic mass is 16.5. The first kappa shape index (κ1) is 9.05. The largest absolute Gasteiger partial charge is 0.378 e. The normalized spacial score (nSPS) is 32.2. The van der Waals surface area contributed by atoms with Crippen molar-refractivity contribution in [3.63, 3.8) is 0 Å². The van der Waals surface area contributed by atoms with Gasteiger partial charge in [-0.15, -0.1) is 0 Å². The van der Waals surface area contributed by atoms with E-state index >= 15 is 0 Å². The molecule has 0 aromatic heterocycles. The third-order valence-electron chi connectivity index (χ3n) is 2.69. The summed E-state index contributed by atoms with van der Waals surface area (Å²) in [6.45, 7) is 5.47. The summed E-state index contributed by atoms with van der Waals surface area (Å²) in [5.74, 6) is 0.851. The van der Waals surface area contributed by atoms with Crippen molar-refractivity contribution >= 4 is 0 Å². The van der Waals surface area contributed by atoms with E-state index in [9.17, 15) is 0 Å². The van der Waals surface area contributed by atoms with Crippen LogP contribution in [0.1, 0.15) is 46.0 Å². The molecule has 2 unspecified atom stereocenters. The highest BCUT2D eigenvalue weighted by molar-refractivity contribution is 4.70. The molecule has 0 spiro atoms. The third kappa shape index (κ3) is 2.82. The fourth-order valence-corrected chi connectivity index (χ4v) is 1.83. The van der Waals surface area contributed by atoms with Crippen molar-refractivity contribution in [1.82, 2.24) is 0 Å². The van der Waals surface area contributed by atoms with E-state index in [2.05, 4.69) is 13.8 Å². The Morgan fingerprint density at radius 1 is 1.45 bits per heavy atom. The highest BCUT2D eigenvalue weighted by Crippen LogP contribution is 2.25. The molecule has 0 aromatic carbocycles. The molecule has 0 saturated carbocycles. The topological polar surface area (TPSA) is 9.23 Å². The minimum absolute atomic E-state index is 0.523. The van der Waals surface area contributed by atoms with Crippen LogP contribution in [0, 0.1) is 5.92 Å². The standard InChI is InChI=1S/C10H20O/c1-3-4-6-10-7-5-8-11-9(10)2/h9-10H,3-8H2,1-2H3. The zero-order valence-corrected chi connectivity index (χ0v) is 7.81. The fourth-order valence-electron chi connectivity index (χ4n) is 1.83. The average molecular weight is 156 g/mol. The number of hydrogen-bond donors (Lipinski definition) is 0. The van der Waals surface area contributed by atoms with Gasteiger partial charge in [-0.2, -0.15) is 0 Å². The van der Waals surface area contributed by atoms with E-state index in [1.54, 1.807) is 0 Å². The van der Waals surface area contributed by atoms with Gasteiger partial charge in [-0.3, -0.25) is 0 Å². The van der Waals surface area contributed by atoms with Crippen LogP contribution in [0.5, 0.6) is 0 Å². The second kappa shape index (κ2) is 4.76. The molecule has 11 heavy (non-hydrogen) atoms. The molecule has 1 heteroatoms. The predicted molar refractivity (Wildman–Crippen MR) is 47.7 cm³/mol. The summed E-state index contributed by atoms with van der Waals surface area (Å²) in [5.41, 5.74) is 0. The Morgan fingerprint density at radius 3 is 2.91 bits per heavy atom. The van der Waals surface area contributed by atoms with Crippen LogP contribution < -0.4 is 0 Å². The second-order valence-electron chi connectivity index (χ2n) is 3.62. The molecule has 1 aliphatic heterocycles. The van der Waals surface area contributed by atoms with Gasteiger partial charge in [0, 0.05) is 6.61 Å². The van der Waals surface area contributed by atoms with E-state index < -0.39 is 0 Å². The zero-order chi connectivity index (χ0) is 8.10.